The second-order valence-electron chi connectivity index (χ2n) is 4.17. The van der Waals surface area contributed by atoms with Gasteiger partial charge in [-0.1, -0.05) is 6.07 Å². The molecule has 0 heterocycles. The Balaban J connectivity index is 2.07. The fourth-order valence-corrected chi connectivity index (χ4v) is 1.67. The van der Waals surface area contributed by atoms with E-state index in [1.807, 2.05) is 0 Å². The molecule has 21 heavy (non-hydrogen) atoms. The first-order valence-electron chi connectivity index (χ1n) is 5.90. The van der Waals surface area contributed by atoms with Crippen LogP contribution in [-0.2, 0) is 0 Å². The van der Waals surface area contributed by atoms with E-state index in [4.69, 9.17) is 9.84 Å². The molecule has 0 saturated heterocycles. The number of hydrogen-bond donors (Lipinski definition) is 2. The number of aromatic hydroxyl groups is 2. The van der Waals surface area contributed by atoms with Crippen LogP contribution in [0.25, 0.3) is 0 Å². The predicted octanol–water partition coefficient (Wildman–Crippen LogP) is 2.27. The monoisotopic (exact) mass is 289 g/mol. The molecular formula is C14H11NO6. The molecule has 0 aliphatic carbocycles. The van der Waals surface area contributed by atoms with E-state index in [0.717, 1.165) is 6.07 Å². The number of rotatable bonds is 5. The van der Waals surface area contributed by atoms with Gasteiger partial charge in [0.2, 0.25) is 5.78 Å². The van der Waals surface area contributed by atoms with Gasteiger partial charge in [0.25, 0.3) is 5.69 Å². The topological polar surface area (TPSA) is 110 Å². The maximum absolute atomic E-state index is 11.9. The third-order valence-corrected chi connectivity index (χ3v) is 2.68. The summed E-state index contributed by atoms with van der Waals surface area (Å²) < 4.78 is 5.17. The molecular weight excluding hydrogens is 278 g/mol. The lowest BCUT2D eigenvalue weighted by molar-refractivity contribution is -0.384. The van der Waals surface area contributed by atoms with E-state index in [1.165, 1.54) is 36.4 Å². The van der Waals surface area contributed by atoms with E-state index >= 15 is 0 Å². The minimum Gasteiger partial charge on any atom is -0.508 e. The molecule has 2 N–H and O–H groups in total. The van der Waals surface area contributed by atoms with Gasteiger partial charge in [-0.15, -0.1) is 0 Å². The molecule has 2 aromatic carbocycles. The standard InChI is InChI=1S/C14H11NO6/c16-10-4-5-12(13(17)7-10)14(18)8-21-11-3-1-2-9(6-11)15(19)20/h1-7,16-17H,8H2. The van der Waals surface area contributed by atoms with Gasteiger partial charge in [0, 0.05) is 12.1 Å². The molecule has 0 amide bonds. The van der Waals surface area contributed by atoms with Crippen molar-refractivity contribution in [3.63, 3.8) is 0 Å². The van der Waals surface area contributed by atoms with Crippen LogP contribution in [0.4, 0.5) is 5.69 Å². The normalized spacial score (nSPS) is 10.1. The number of carbonyl (C=O) groups is 1. The van der Waals surface area contributed by atoms with Crippen molar-refractivity contribution in [2.24, 2.45) is 0 Å². The summed E-state index contributed by atoms with van der Waals surface area (Å²) in [6.07, 6.45) is 0. The van der Waals surface area contributed by atoms with E-state index in [1.54, 1.807) is 0 Å². The summed E-state index contributed by atoms with van der Waals surface area (Å²) >= 11 is 0. The highest BCUT2D eigenvalue weighted by atomic mass is 16.6. The summed E-state index contributed by atoms with van der Waals surface area (Å²) in [7, 11) is 0. The number of phenols is 2. The van der Waals surface area contributed by atoms with Crippen LogP contribution < -0.4 is 4.74 Å². The SMILES string of the molecule is O=C(COc1cccc([N+](=O)[O-])c1)c1ccc(O)cc1O. The van der Waals surface area contributed by atoms with E-state index < -0.39 is 10.7 Å². The number of benzene rings is 2. The van der Waals surface area contributed by atoms with Crippen molar-refractivity contribution >= 4 is 11.5 Å². The first-order valence-corrected chi connectivity index (χ1v) is 5.90. The number of non-ortho nitro benzene ring substituents is 1. The Morgan fingerprint density at radius 1 is 1.19 bits per heavy atom. The summed E-state index contributed by atoms with van der Waals surface area (Å²) in [4.78, 5) is 21.9. The fourth-order valence-electron chi connectivity index (χ4n) is 1.67. The minimum absolute atomic E-state index is 0.00164. The lowest BCUT2D eigenvalue weighted by Gasteiger charge is -2.07. The van der Waals surface area contributed by atoms with Crippen LogP contribution in [-0.4, -0.2) is 27.5 Å². The van der Waals surface area contributed by atoms with Crippen molar-refractivity contribution in [2.75, 3.05) is 6.61 Å². The number of phenolic OH excluding ortho intramolecular Hbond substituents is 2. The van der Waals surface area contributed by atoms with Gasteiger partial charge < -0.3 is 14.9 Å². The third-order valence-electron chi connectivity index (χ3n) is 2.68. The molecule has 0 atom stereocenters. The number of nitro benzene ring substituents is 1. The predicted molar refractivity (Wildman–Crippen MR) is 72.7 cm³/mol. The third kappa shape index (κ3) is 3.47. The van der Waals surface area contributed by atoms with E-state index in [0.29, 0.717) is 0 Å². The Bertz CT molecular complexity index is 698. The highest BCUT2D eigenvalue weighted by Gasteiger charge is 2.13. The van der Waals surface area contributed by atoms with Gasteiger partial charge in [0.15, 0.2) is 6.61 Å². The van der Waals surface area contributed by atoms with Crippen LogP contribution >= 0.6 is 0 Å². The molecule has 0 unspecified atom stereocenters. The molecule has 0 saturated carbocycles. The molecule has 2 aromatic rings. The zero-order valence-electron chi connectivity index (χ0n) is 10.7. The summed E-state index contributed by atoms with van der Waals surface area (Å²) in [5.74, 6) is -0.860. The molecule has 0 radical (unpaired) electrons. The Morgan fingerprint density at radius 2 is 1.95 bits per heavy atom. The highest BCUT2D eigenvalue weighted by molar-refractivity contribution is 5.99. The Labute approximate surface area is 119 Å². The van der Waals surface area contributed by atoms with Gasteiger partial charge in [0.1, 0.15) is 17.2 Å². The number of Topliss-reactive ketones (excluding diaryl/α,β-unsaturated/α-hetero) is 1. The van der Waals surface area contributed by atoms with E-state index in [2.05, 4.69) is 0 Å². The van der Waals surface area contributed by atoms with Gasteiger partial charge in [0.05, 0.1) is 16.6 Å². The van der Waals surface area contributed by atoms with Crippen LogP contribution in [0.2, 0.25) is 0 Å². The summed E-state index contributed by atoms with van der Waals surface area (Å²) in [5, 5.41) is 29.3. The van der Waals surface area contributed by atoms with E-state index in [9.17, 15) is 20.0 Å². The molecule has 2 rings (SSSR count). The number of hydrogen-bond acceptors (Lipinski definition) is 6. The Hall–Kier alpha value is -3.09. The van der Waals surface area contributed by atoms with Crippen LogP contribution in [0.1, 0.15) is 10.4 Å². The second kappa shape index (κ2) is 5.91. The van der Waals surface area contributed by atoms with Gasteiger partial charge >= 0.3 is 0 Å². The molecule has 0 aliphatic rings. The largest absolute Gasteiger partial charge is 0.508 e. The van der Waals surface area contributed by atoms with Crippen LogP contribution in [0.5, 0.6) is 17.2 Å². The Kier molecular flexibility index (Phi) is 4.03. The second-order valence-corrected chi connectivity index (χ2v) is 4.17. The highest BCUT2D eigenvalue weighted by Crippen LogP contribution is 2.24. The molecule has 7 nitrogen and oxygen atoms in total. The van der Waals surface area contributed by atoms with Crippen molar-refractivity contribution in [3.05, 3.63) is 58.1 Å². The molecule has 0 fully saturated rings. The van der Waals surface area contributed by atoms with E-state index in [-0.39, 0.29) is 35.1 Å². The fraction of sp³-hybridized carbons (Fsp3) is 0.0714. The van der Waals surface area contributed by atoms with Crippen LogP contribution in [0.15, 0.2) is 42.5 Å². The molecule has 0 bridgehead atoms. The van der Waals surface area contributed by atoms with Gasteiger partial charge in [-0.3, -0.25) is 14.9 Å². The quantitative estimate of drug-likeness (QED) is 0.496. The smallest absolute Gasteiger partial charge is 0.273 e. The minimum atomic E-state index is -0.569. The molecule has 0 spiro atoms. The number of nitrogens with zero attached hydrogens (tertiary/aromatic N) is 1. The average Bonchev–Trinajstić information content (AvgIpc) is 2.45. The lowest BCUT2D eigenvalue weighted by atomic mass is 10.1. The number of ketones is 1. The zero-order valence-corrected chi connectivity index (χ0v) is 10.7. The average molecular weight is 289 g/mol. The van der Waals surface area contributed by atoms with Crippen molar-refractivity contribution < 1.29 is 24.7 Å². The molecule has 0 aromatic heterocycles. The van der Waals surface area contributed by atoms with Crippen molar-refractivity contribution in [1.29, 1.82) is 0 Å². The van der Waals surface area contributed by atoms with Gasteiger partial charge in [-0.25, -0.2) is 0 Å². The maximum Gasteiger partial charge on any atom is 0.273 e. The maximum atomic E-state index is 11.9. The summed E-state index contributed by atoms with van der Waals surface area (Å²) in [6.45, 7) is -0.389. The van der Waals surface area contributed by atoms with Crippen LogP contribution in [0, 0.1) is 10.1 Å². The first-order chi connectivity index (χ1) is 9.97. The first kappa shape index (κ1) is 14.3. The van der Waals surface area contributed by atoms with Crippen molar-refractivity contribution in [1.82, 2.24) is 0 Å². The van der Waals surface area contributed by atoms with Gasteiger partial charge in [-0.2, -0.15) is 0 Å². The number of ether oxygens (including phenoxy) is 1. The number of carbonyl (C=O) groups excluding carboxylic acids is 1. The summed E-state index contributed by atoms with van der Waals surface area (Å²) in [5.41, 5.74) is -0.148. The van der Waals surface area contributed by atoms with Crippen molar-refractivity contribution in [3.8, 4) is 17.2 Å². The number of nitro groups is 1. The molecule has 7 heteroatoms. The van der Waals surface area contributed by atoms with Crippen LogP contribution in [0.3, 0.4) is 0 Å². The zero-order chi connectivity index (χ0) is 15.4. The summed E-state index contributed by atoms with van der Waals surface area (Å²) in [6, 6.07) is 9.00. The lowest BCUT2D eigenvalue weighted by Crippen LogP contribution is -2.11. The van der Waals surface area contributed by atoms with Crippen molar-refractivity contribution in [2.45, 2.75) is 0 Å². The molecule has 0 aliphatic heterocycles. The van der Waals surface area contributed by atoms with Gasteiger partial charge in [-0.05, 0) is 18.2 Å². The Morgan fingerprint density at radius 3 is 2.62 bits per heavy atom. The molecule has 108 valence electrons.